The molecule has 0 saturated heterocycles. The molecule has 0 spiro atoms. The Labute approximate surface area is 155 Å². The van der Waals surface area contributed by atoms with Gasteiger partial charge >= 0.3 is 0 Å². The fourth-order valence-electron chi connectivity index (χ4n) is 2.76. The van der Waals surface area contributed by atoms with Gasteiger partial charge in [-0.15, -0.1) is 0 Å². The Morgan fingerprint density at radius 2 is 1.88 bits per heavy atom. The van der Waals surface area contributed by atoms with Crippen LogP contribution >= 0.6 is 12.2 Å². The lowest BCUT2D eigenvalue weighted by Crippen LogP contribution is -2.28. The third-order valence-electron chi connectivity index (χ3n) is 4.07. The number of nitrogens with zero attached hydrogens (tertiary/aromatic N) is 1. The molecule has 2 N–H and O–H groups in total. The van der Waals surface area contributed by atoms with Gasteiger partial charge in [0, 0.05) is 42.8 Å². The zero-order valence-electron chi connectivity index (χ0n) is 13.9. The van der Waals surface area contributed by atoms with Crippen molar-refractivity contribution >= 4 is 28.7 Å². The first-order chi connectivity index (χ1) is 12.5. The number of anilines is 1. The quantitative estimate of drug-likeness (QED) is 0.779. The summed E-state index contributed by atoms with van der Waals surface area (Å²) in [7, 11) is 0. The standard InChI is InChI=1S/C19H17F2N3OS/c20-14-5-4-13(10-15(14)21)24-19(26)18-16(2-1-3-17(18)25)23-11-12-6-8-22-9-7-12/h4-10,23H,1-3,11H2,(H,24,26). The fourth-order valence-corrected chi connectivity index (χ4v) is 3.12. The molecule has 0 aliphatic heterocycles. The van der Waals surface area contributed by atoms with Crippen molar-refractivity contribution in [1.82, 2.24) is 10.3 Å². The molecule has 2 aromatic rings. The van der Waals surface area contributed by atoms with Crippen LogP contribution in [0.1, 0.15) is 24.8 Å². The van der Waals surface area contributed by atoms with Gasteiger partial charge in [0.05, 0.1) is 5.57 Å². The summed E-state index contributed by atoms with van der Waals surface area (Å²) in [4.78, 5) is 16.6. The van der Waals surface area contributed by atoms with Crippen molar-refractivity contribution in [3.8, 4) is 0 Å². The van der Waals surface area contributed by atoms with Crippen molar-refractivity contribution < 1.29 is 13.6 Å². The van der Waals surface area contributed by atoms with Gasteiger partial charge in [-0.1, -0.05) is 12.2 Å². The molecule has 0 saturated carbocycles. The van der Waals surface area contributed by atoms with Crippen molar-refractivity contribution in [1.29, 1.82) is 0 Å². The number of pyridine rings is 1. The number of aromatic nitrogens is 1. The molecule has 0 radical (unpaired) electrons. The van der Waals surface area contributed by atoms with E-state index in [1.165, 1.54) is 6.07 Å². The van der Waals surface area contributed by atoms with Crippen molar-refractivity contribution in [2.45, 2.75) is 25.8 Å². The van der Waals surface area contributed by atoms with E-state index in [4.69, 9.17) is 12.2 Å². The minimum atomic E-state index is -0.974. The van der Waals surface area contributed by atoms with Gasteiger partial charge in [0.15, 0.2) is 17.4 Å². The fraction of sp³-hybridized carbons (Fsp3) is 0.211. The van der Waals surface area contributed by atoms with E-state index in [-0.39, 0.29) is 10.8 Å². The maximum Gasteiger partial charge on any atom is 0.167 e. The maximum absolute atomic E-state index is 13.4. The number of hydrogen-bond acceptors (Lipinski definition) is 4. The summed E-state index contributed by atoms with van der Waals surface area (Å²) in [5, 5.41) is 6.11. The Hall–Kier alpha value is -2.67. The second-order valence-corrected chi connectivity index (χ2v) is 6.33. The Morgan fingerprint density at radius 3 is 2.62 bits per heavy atom. The number of ketones is 1. The van der Waals surface area contributed by atoms with Gasteiger partial charge in [-0.05, 0) is 42.7 Å². The molecule has 0 unspecified atom stereocenters. The third-order valence-corrected chi connectivity index (χ3v) is 4.38. The summed E-state index contributed by atoms with van der Waals surface area (Å²) in [6.07, 6.45) is 5.26. The van der Waals surface area contributed by atoms with Gasteiger partial charge in [0.1, 0.15) is 4.99 Å². The van der Waals surface area contributed by atoms with E-state index < -0.39 is 11.6 Å². The minimum Gasteiger partial charge on any atom is -0.384 e. The van der Waals surface area contributed by atoms with Gasteiger partial charge < -0.3 is 10.6 Å². The predicted molar refractivity (Wildman–Crippen MR) is 99.5 cm³/mol. The Bertz CT molecular complexity index is 868. The van der Waals surface area contributed by atoms with Crippen LogP contribution in [-0.4, -0.2) is 15.8 Å². The van der Waals surface area contributed by atoms with Crippen molar-refractivity contribution in [3.63, 3.8) is 0 Å². The molecule has 1 aliphatic rings. The molecule has 26 heavy (non-hydrogen) atoms. The highest BCUT2D eigenvalue weighted by molar-refractivity contribution is 7.81. The number of carbonyl (C=O) groups is 1. The van der Waals surface area contributed by atoms with Crippen molar-refractivity contribution in [2.75, 3.05) is 5.32 Å². The molecule has 3 rings (SSSR count). The summed E-state index contributed by atoms with van der Waals surface area (Å²) in [5.74, 6) is -1.97. The number of allylic oxidation sites excluding steroid dienone is 1. The number of carbonyl (C=O) groups excluding carboxylic acids is 1. The summed E-state index contributed by atoms with van der Waals surface area (Å²) >= 11 is 5.36. The number of benzene rings is 1. The highest BCUT2D eigenvalue weighted by Crippen LogP contribution is 2.23. The molecule has 0 bridgehead atoms. The first kappa shape index (κ1) is 18.1. The molecule has 1 aromatic carbocycles. The minimum absolute atomic E-state index is 0.0615. The number of halogens is 2. The molecule has 1 aliphatic carbocycles. The molecular weight excluding hydrogens is 356 g/mol. The van der Waals surface area contributed by atoms with Gasteiger partial charge in [0.2, 0.25) is 0 Å². The lowest BCUT2D eigenvalue weighted by molar-refractivity contribution is -0.115. The molecule has 0 amide bonds. The first-order valence-corrected chi connectivity index (χ1v) is 8.61. The van der Waals surface area contributed by atoms with Crippen LogP contribution in [0.15, 0.2) is 54.0 Å². The lowest BCUT2D eigenvalue weighted by Gasteiger charge is -2.22. The van der Waals surface area contributed by atoms with Crippen LogP contribution in [0.3, 0.4) is 0 Å². The summed E-state index contributed by atoms with van der Waals surface area (Å²) in [6, 6.07) is 7.17. The highest BCUT2D eigenvalue weighted by atomic mass is 32.1. The number of nitrogens with one attached hydrogen (secondary N) is 2. The zero-order chi connectivity index (χ0) is 18.5. The molecule has 1 aromatic heterocycles. The molecular formula is C19H17F2N3OS. The van der Waals surface area contributed by atoms with Crippen molar-refractivity contribution in [2.24, 2.45) is 0 Å². The van der Waals surface area contributed by atoms with Crippen LogP contribution in [0.5, 0.6) is 0 Å². The van der Waals surface area contributed by atoms with Gasteiger partial charge in [-0.3, -0.25) is 9.78 Å². The monoisotopic (exact) mass is 373 g/mol. The average Bonchev–Trinajstić information content (AvgIpc) is 2.64. The summed E-state index contributed by atoms with van der Waals surface area (Å²) in [6.45, 7) is 0.544. The predicted octanol–water partition coefficient (Wildman–Crippen LogP) is 3.90. The SMILES string of the molecule is O=C1CCCC(NCc2ccncc2)=C1C(=S)Nc1ccc(F)c(F)c1. The summed E-state index contributed by atoms with van der Waals surface area (Å²) in [5.41, 5.74) is 2.50. The largest absolute Gasteiger partial charge is 0.384 e. The van der Waals surface area contributed by atoms with Crippen LogP contribution in [0.2, 0.25) is 0 Å². The molecule has 0 atom stereocenters. The van der Waals surface area contributed by atoms with E-state index in [0.29, 0.717) is 30.6 Å². The Morgan fingerprint density at radius 1 is 1.12 bits per heavy atom. The van der Waals surface area contributed by atoms with Crippen LogP contribution in [0, 0.1) is 11.6 Å². The Balaban J connectivity index is 1.79. The van der Waals surface area contributed by atoms with E-state index in [9.17, 15) is 13.6 Å². The first-order valence-electron chi connectivity index (χ1n) is 8.20. The van der Waals surface area contributed by atoms with E-state index in [1.807, 2.05) is 12.1 Å². The van der Waals surface area contributed by atoms with Crippen LogP contribution in [0.4, 0.5) is 14.5 Å². The molecule has 7 heteroatoms. The molecule has 4 nitrogen and oxygen atoms in total. The number of rotatable bonds is 5. The Kier molecular flexibility index (Phi) is 5.68. The van der Waals surface area contributed by atoms with Crippen LogP contribution in [-0.2, 0) is 11.3 Å². The second kappa shape index (κ2) is 8.14. The van der Waals surface area contributed by atoms with Gasteiger partial charge in [0.25, 0.3) is 0 Å². The van der Waals surface area contributed by atoms with Gasteiger partial charge in [-0.2, -0.15) is 0 Å². The number of hydrogen-bond donors (Lipinski definition) is 2. The summed E-state index contributed by atoms with van der Waals surface area (Å²) < 4.78 is 26.4. The van der Waals surface area contributed by atoms with E-state index in [0.717, 1.165) is 29.8 Å². The molecule has 134 valence electrons. The van der Waals surface area contributed by atoms with E-state index >= 15 is 0 Å². The van der Waals surface area contributed by atoms with Crippen molar-refractivity contribution in [3.05, 3.63) is 71.2 Å². The average molecular weight is 373 g/mol. The van der Waals surface area contributed by atoms with Crippen LogP contribution in [0.25, 0.3) is 0 Å². The number of thiocarbonyl (C=S) groups is 1. The molecule has 1 heterocycles. The second-order valence-electron chi connectivity index (χ2n) is 5.92. The topological polar surface area (TPSA) is 54.0 Å². The van der Waals surface area contributed by atoms with E-state index in [2.05, 4.69) is 15.6 Å². The van der Waals surface area contributed by atoms with Crippen LogP contribution < -0.4 is 10.6 Å². The molecule has 0 fully saturated rings. The highest BCUT2D eigenvalue weighted by Gasteiger charge is 2.24. The number of Topliss-reactive ketones (excluding diaryl/α,β-unsaturated/α-hetero) is 1. The smallest absolute Gasteiger partial charge is 0.167 e. The maximum atomic E-state index is 13.4. The van der Waals surface area contributed by atoms with E-state index in [1.54, 1.807) is 12.4 Å². The third kappa shape index (κ3) is 4.29. The normalized spacial score (nSPS) is 14.3. The zero-order valence-corrected chi connectivity index (χ0v) is 14.7. The van der Waals surface area contributed by atoms with Gasteiger partial charge in [-0.25, -0.2) is 8.78 Å². The lowest BCUT2D eigenvalue weighted by atomic mass is 9.94.